The third kappa shape index (κ3) is 26.4. The Balaban J connectivity index is 0. The van der Waals surface area contributed by atoms with Crippen LogP contribution in [0.15, 0.2) is 146 Å². The van der Waals surface area contributed by atoms with Gasteiger partial charge in [-0.1, -0.05) is 296 Å². The third-order valence-corrected chi connectivity index (χ3v) is 11.7. The number of halogens is 3. The van der Waals surface area contributed by atoms with E-state index in [-0.39, 0.29) is 41.9 Å². The highest BCUT2D eigenvalue weighted by molar-refractivity contribution is 5.38. The van der Waals surface area contributed by atoms with Crippen molar-refractivity contribution in [3.63, 3.8) is 0 Å². The molecule has 0 saturated heterocycles. The standard InChI is InChI=1S/C12H18.C11H13F3.3C11H16.C10H14.2CH4/c1-9-7-6-8-10(2)11(9)12(3,4)5;1-10(2,3)8-5-4-6-9(7-8)11(12,13)14;3*1-9-5-7-10(8-6-9)11(2,3)4;1-10(2,3)9-7-5-4-6-8-9;;/h6-8H,1-5H3;4-7H,1-3H3;3*5-8H,1-4H3;4-8H,1-3H3;2*1H4. The summed E-state index contributed by atoms with van der Waals surface area (Å²) in [5.41, 5.74) is 15.2. The van der Waals surface area contributed by atoms with Crippen LogP contribution in [-0.4, -0.2) is 0 Å². The van der Waals surface area contributed by atoms with E-state index in [1.807, 2.05) is 20.8 Å². The highest BCUT2D eigenvalue weighted by Crippen LogP contribution is 2.33. The van der Waals surface area contributed by atoms with Crippen LogP contribution in [0, 0.1) is 34.6 Å². The molecule has 0 nitrogen and oxygen atoms in total. The smallest absolute Gasteiger partial charge is 0.166 e. The van der Waals surface area contributed by atoms with Crippen LogP contribution in [0.2, 0.25) is 0 Å². The monoisotopic (exact) mass is 975 g/mol. The number of hydrogen-bond donors (Lipinski definition) is 0. The van der Waals surface area contributed by atoms with Gasteiger partial charge in [0.25, 0.3) is 0 Å². The minimum absolute atomic E-state index is 0. The van der Waals surface area contributed by atoms with Crippen LogP contribution in [0.3, 0.4) is 0 Å². The van der Waals surface area contributed by atoms with E-state index in [4.69, 9.17) is 0 Å². The first kappa shape index (κ1) is 68.2. The van der Waals surface area contributed by atoms with Crippen molar-refractivity contribution in [1.82, 2.24) is 0 Å². The molecule has 0 aliphatic rings. The molecule has 0 N–H and O–H groups in total. The number of hydrogen-bond acceptors (Lipinski definition) is 0. The lowest BCUT2D eigenvalue weighted by Gasteiger charge is -2.23. The molecule has 0 aliphatic heterocycles. The van der Waals surface area contributed by atoms with Crippen molar-refractivity contribution in [2.75, 3.05) is 0 Å². The van der Waals surface area contributed by atoms with Crippen molar-refractivity contribution in [3.8, 4) is 0 Å². The second kappa shape index (κ2) is 28.4. The van der Waals surface area contributed by atoms with Gasteiger partial charge in [0.05, 0.1) is 5.56 Å². The lowest BCUT2D eigenvalue weighted by molar-refractivity contribution is -0.137. The maximum atomic E-state index is 12.4. The summed E-state index contributed by atoms with van der Waals surface area (Å²) in [6, 6.07) is 48.7. The zero-order valence-electron chi connectivity index (χ0n) is 47.5. The van der Waals surface area contributed by atoms with Crippen LogP contribution < -0.4 is 0 Å². The van der Waals surface area contributed by atoms with Crippen LogP contribution >= 0.6 is 0 Å². The van der Waals surface area contributed by atoms with Crippen LogP contribution in [0.4, 0.5) is 13.2 Å². The molecule has 3 heteroatoms. The summed E-state index contributed by atoms with van der Waals surface area (Å²) >= 11 is 0. The largest absolute Gasteiger partial charge is 0.416 e. The van der Waals surface area contributed by atoms with E-state index < -0.39 is 11.7 Å². The van der Waals surface area contributed by atoms with Gasteiger partial charge in [0.2, 0.25) is 0 Å². The van der Waals surface area contributed by atoms with Crippen molar-refractivity contribution in [1.29, 1.82) is 0 Å². The lowest BCUT2D eigenvalue weighted by Crippen LogP contribution is -2.14. The van der Waals surface area contributed by atoms with E-state index >= 15 is 0 Å². The highest BCUT2D eigenvalue weighted by Gasteiger charge is 2.31. The summed E-state index contributed by atoms with van der Waals surface area (Å²) in [5, 5.41) is 0. The summed E-state index contributed by atoms with van der Waals surface area (Å²) in [4.78, 5) is 0. The molecule has 0 heterocycles. The van der Waals surface area contributed by atoms with Crippen molar-refractivity contribution >= 4 is 0 Å². The fourth-order valence-corrected chi connectivity index (χ4v) is 7.26. The fourth-order valence-electron chi connectivity index (χ4n) is 7.26. The van der Waals surface area contributed by atoms with Crippen LogP contribution in [0.5, 0.6) is 0 Å². The van der Waals surface area contributed by atoms with Gasteiger partial charge >= 0.3 is 6.18 Å². The van der Waals surface area contributed by atoms with E-state index in [9.17, 15) is 13.2 Å². The van der Waals surface area contributed by atoms with Gasteiger partial charge in [0, 0.05) is 0 Å². The molecular weight excluding hydrogens is 874 g/mol. The quantitative estimate of drug-likeness (QED) is 0.142. The summed E-state index contributed by atoms with van der Waals surface area (Å²) < 4.78 is 37.1. The van der Waals surface area contributed by atoms with Gasteiger partial charge in [-0.05, 0) is 118 Å². The van der Waals surface area contributed by atoms with E-state index in [1.165, 1.54) is 67.8 Å². The predicted molar refractivity (Wildman–Crippen MR) is 313 cm³/mol. The Hall–Kier alpha value is -4.89. The SMILES string of the molecule is C.C.CC(C)(C)c1cccc(C(F)(F)F)c1.CC(C)(C)c1ccccc1.Cc1ccc(C(C)(C)C)cc1.Cc1ccc(C(C)(C)C)cc1.Cc1ccc(C(C)(C)C)cc1.Cc1cccc(C)c1C(C)(C)C. The molecule has 0 fully saturated rings. The molecule has 71 heavy (non-hydrogen) atoms. The molecule has 0 bridgehead atoms. The van der Waals surface area contributed by atoms with Crippen LogP contribution in [0.1, 0.15) is 206 Å². The summed E-state index contributed by atoms with van der Waals surface area (Å²) in [5.74, 6) is 0. The molecule has 0 saturated carbocycles. The Labute approximate surface area is 436 Å². The predicted octanol–water partition coefficient (Wildman–Crippen LogP) is 21.7. The molecular formula is C68H101F3. The summed E-state index contributed by atoms with van der Waals surface area (Å²) in [6.45, 7) is 50.0. The molecule has 0 spiro atoms. The highest BCUT2D eigenvalue weighted by atomic mass is 19.4. The lowest BCUT2D eigenvalue weighted by atomic mass is 9.81. The number of alkyl halides is 3. The number of rotatable bonds is 0. The fraction of sp³-hybridized carbons (Fsp3) is 0.471. The topological polar surface area (TPSA) is 0 Å². The van der Waals surface area contributed by atoms with Crippen molar-refractivity contribution in [2.24, 2.45) is 0 Å². The molecule has 0 atom stereocenters. The minimum atomic E-state index is -4.25. The van der Waals surface area contributed by atoms with Gasteiger partial charge < -0.3 is 0 Å². The molecule has 394 valence electrons. The molecule has 6 aromatic rings. The Bertz CT molecular complexity index is 2170. The van der Waals surface area contributed by atoms with Crippen molar-refractivity contribution in [2.45, 2.75) is 213 Å². The van der Waals surface area contributed by atoms with Gasteiger partial charge in [-0.2, -0.15) is 13.2 Å². The maximum Gasteiger partial charge on any atom is 0.416 e. The first-order chi connectivity index (χ1) is 31.2. The van der Waals surface area contributed by atoms with E-state index in [0.29, 0.717) is 11.0 Å². The maximum absolute atomic E-state index is 12.4. The average molecular weight is 976 g/mol. The van der Waals surface area contributed by atoms with Gasteiger partial charge in [0.15, 0.2) is 0 Å². The van der Waals surface area contributed by atoms with Crippen LogP contribution in [0.25, 0.3) is 0 Å². The first-order valence-electron chi connectivity index (χ1n) is 24.8. The van der Waals surface area contributed by atoms with E-state index in [2.05, 4.69) is 260 Å². The third-order valence-electron chi connectivity index (χ3n) is 11.7. The van der Waals surface area contributed by atoms with E-state index in [1.54, 1.807) is 6.07 Å². The van der Waals surface area contributed by atoms with Gasteiger partial charge in [-0.25, -0.2) is 0 Å². The minimum Gasteiger partial charge on any atom is -0.166 e. The number of benzene rings is 6. The van der Waals surface area contributed by atoms with Crippen LogP contribution in [-0.2, 0) is 38.7 Å². The summed E-state index contributed by atoms with van der Waals surface area (Å²) in [7, 11) is 0. The number of aryl methyl sites for hydroxylation is 5. The molecule has 0 aliphatic carbocycles. The first-order valence-corrected chi connectivity index (χ1v) is 24.8. The molecule has 0 radical (unpaired) electrons. The van der Waals surface area contributed by atoms with Gasteiger partial charge in [-0.15, -0.1) is 0 Å². The average Bonchev–Trinajstić information content (AvgIpc) is 3.20. The van der Waals surface area contributed by atoms with E-state index in [0.717, 1.165) is 6.07 Å². The van der Waals surface area contributed by atoms with Gasteiger partial charge in [-0.3, -0.25) is 0 Å². The second-order valence-corrected chi connectivity index (χ2v) is 24.8. The molecule has 6 aromatic carbocycles. The molecule has 0 amide bonds. The van der Waals surface area contributed by atoms with Crippen molar-refractivity contribution < 1.29 is 13.2 Å². The molecule has 6 rings (SSSR count). The normalized spacial score (nSPS) is 11.6. The van der Waals surface area contributed by atoms with Gasteiger partial charge in [0.1, 0.15) is 0 Å². The van der Waals surface area contributed by atoms with Crippen molar-refractivity contribution in [3.05, 3.63) is 212 Å². The molecule has 0 unspecified atom stereocenters. The zero-order chi connectivity index (χ0) is 53.4. The zero-order valence-corrected chi connectivity index (χ0v) is 47.5. The summed E-state index contributed by atoms with van der Waals surface area (Å²) in [6.07, 6.45) is -4.25. The Kier molecular flexibility index (Phi) is 27.3. The Morgan fingerprint density at radius 3 is 0.718 bits per heavy atom. The Morgan fingerprint density at radius 2 is 0.493 bits per heavy atom. The second-order valence-electron chi connectivity index (χ2n) is 24.8. The Morgan fingerprint density at radius 1 is 0.254 bits per heavy atom. The molecule has 0 aromatic heterocycles.